The van der Waals surface area contributed by atoms with E-state index in [0.717, 1.165) is 0 Å². The first-order chi connectivity index (χ1) is 8.49. The molecule has 0 fully saturated rings. The van der Waals surface area contributed by atoms with E-state index in [1.807, 2.05) is 45.2 Å². The fraction of sp³-hybridized carbons (Fsp3) is 0.111. The molecule has 0 aromatic heterocycles. The minimum absolute atomic E-state index is 0.0293. The molecule has 0 heterocycles. The minimum Gasteiger partial charge on any atom is -0.271 e. The van der Waals surface area contributed by atoms with Crippen molar-refractivity contribution in [2.45, 2.75) is 0 Å². The highest BCUT2D eigenvalue weighted by Gasteiger charge is 2.14. The summed E-state index contributed by atoms with van der Waals surface area (Å²) in [6.07, 6.45) is 3.58. The molecule has 1 aromatic carbocycles. The van der Waals surface area contributed by atoms with Crippen molar-refractivity contribution in [3.63, 3.8) is 0 Å². The summed E-state index contributed by atoms with van der Waals surface area (Å²) >= 11 is 5.27. The molecule has 0 aliphatic rings. The minimum atomic E-state index is -0.444. The van der Waals surface area contributed by atoms with Gasteiger partial charge in [-0.1, -0.05) is 11.8 Å². The molecule has 1 N–H and O–H groups in total. The molecule has 9 heteroatoms. The Balaban J connectivity index is 3.27. The highest BCUT2D eigenvalue weighted by Crippen LogP contribution is 2.32. The molecular weight excluding hydrogens is 482 g/mol. The molecule has 0 bridgehead atoms. The second-order valence-corrected chi connectivity index (χ2v) is 5.99. The summed E-state index contributed by atoms with van der Waals surface area (Å²) in [6, 6.07) is 2.90. The topological polar surface area (TPSA) is 91.3 Å². The lowest BCUT2D eigenvalue weighted by molar-refractivity contribution is -0.385. The van der Waals surface area contributed by atoms with E-state index in [4.69, 9.17) is 5.26 Å². The fourth-order valence-electron chi connectivity index (χ4n) is 1.04. The molecule has 0 unspecified atom stereocenters. The molecule has 0 aliphatic carbocycles. The van der Waals surface area contributed by atoms with Crippen LogP contribution in [0.3, 0.4) is 0 Å². The van der Waals surface area contributed by atoms with Gasteiger partial charge in [0, 0.05) is 19.3 Å². The Morgan fingerprint density at radius 2 is 2.11 bits per heavy atom. The van der Waals surface area contributed by atoms with Gasteiger partial charge in [0.25, 0.3) is 5.69 Å². The number of nitrogens with one attached hydrogen (secondary N) is 1. The van der Waals surface area contributed by atoms with Crippen molar-refractivity contribution in [2.24, 2.45) is 4.99 Å². The molecule has 0 atom stereocenters. The first-order valence-electron chi connectivity index (χ1n) is 4.40. The molecule has 0 saturated carbocycles. The summed E-state index contributed by atoms with van der Waals surface area (Å²) in [4.78, 5) is 14.5. The van der Waals surface area contributed by atoms with Crippen LogP contribution in [0, 0.1) is 28.7 Å². The van der Waals surface area contributed by atoms with Gasteiger partial charge >= 0.3 is 0 Å². The Morgan fingerprint density at radius 3 is 2.50 bits per heavy atom. The molecule has 0 saturated heterocycles. The third-order valence-electron chi connectivity index (χ3n) is 1.78. The van der Waals surface area contributed by atoms with E-state index < -0.39 is 4.92 Å². The Labute approximate surface area is 135 Å². The number of nitrogens with zero attached hydrogens (tertiary/aromatic N) is 3. The summed E-state index contributed by atoms with van der Waals surface area (Å²) in [5.41, 5.74) is 0.649. The number of hydrogen-bond donors (Lipinski definition) is 1. The van der Waals surface area contributed by atoms with Crippen molar-refractivity contribution >= 4 is 73.5 Å². The molecular formula is C9H6I2N4O2S. The smallest absolute Gasteiger partial charge is 0.271 e. The number of halogens is 2. The number of rotatable bonds is 2. The molecule has 94 valence electrons. The van der Waals surface area contributed by atoms with Crippen LogP contribution in [0.2, 0.25) is 0 Å². The lowest BCUT2D eigenvalue weighted by Crippen LogP contribution is -2.12. The van der Waals surface area contributed by atoms with Gasteiger partial charge in [0.2, 0.25) is 0 Å². The van der Waals surface area contributed by atoms with Gasteiger partial charge in [-0.2, -0.15) is 5.26 Å². The first kappa shape index (κ1) is 15.4. The Morgan fingerprint density at radius 1 is 1.56 bits per heavy atom. The molecule has 18 heavy (non-hydrogen) atoms. The van der Waals surface area contributed by atoms with Gasteiger partial charge in [0.1, 0.15) is 0 Å². The maximum atomic E-state index is 10.7. The number of hydrogen-bond acceptors (Lipinski definition) is 5. The second kappa shape index (κ2) is 7.10. The largest absolute Gasteiger partial charge is 0.271 e. The highest BCUT2D eigenvalue weighted by molar-refractivity contribution is 14.1. The zero-order chi connectivity index (χ0) is 13.7. The highest BCUT2D eigenvalue weighted by atomic mass is 127. The molecule has 1 aromatic rings. The normalized spacial score (nSPS) is 10.9. The molecule has 1 rings (SSSR count). The summed E-state index contributed by atoms with van der Waals surface area (Å²) in [5, 5.41) is 22.2. The third-order valence-corrected chi connectivity index (χ3v) is 4.01. The Kier molecular flexibility index (Phi) is 6.09. The van der Waals surface area contributed by atoms with Crippen LogP contribution in [0.4, 0.5) is 11.4 Å². The summed E-state index contributed by atoms with van der Waals surface area (Å²) < 4.78 is 1.33. The number of amidine groups is 1. The van der Waals surface area contributed by atoms with Crippen LogP contribution in [-0.4, -0.2) is 16.3 Å². The van der Waals surface area contributed by atoms with Gasteiger partial charge in [-0.3, -0.25) is 15.4 Å². The second-order valence-electron chi connectivity index (χ2n) is 2.87. The molecule has 0 aliphatic heterocycles. The monoisotopic (exact) mass is 488 g/mol. The number of non-ortho nitro benzene ring substituents is 1. The van der Waals surface area contributed by atoms with Crippen molar-refractivity contribution in [1.82, 2.24) is 5.32 Å². The summed E-state index contributed by atoms with van der Waals surface area (Å²) in [7, 11) is 0. The zero-order valence-electron chi connectivity index (χ0n) is 8.98. The van der Waals surface area contributed by atoms with Crippen molar-refractivity contribution in [3.05, 3.63) is 29.4 Å². The standard InChI is InChI=1S/C9H6I2N4O2S/c1-18-9(13-4-12)14-8-6(10)2-5(15(16)17)3-7(8)11/h2-3H,1H3,(H,13,14). The number of thioether (sulfide) groups is 1. The van der Waals surface area contributed by atoms with E-state index in [-0.39, 0.29) is 5.69 Å². The predicted molar refractivity (Wildman–Crippen MR) is 87.9 cm³/mol. The average Bonchev–Trinajstić information content (AvgIpc) is 2.31. The molecule has 6 nitrogen and oxygen atoms in total. The fourth-order valence-corrected chi connectivity index (χ4v) is 3.35. The van der Waals surface area contributed by atoms with Crippen LogP contribution in [-0.2, 0) is 0 Å². The number of benzene rings is 1. The maximum Gasteiger partial charge on any atom is 0.271 e. The van der Waals surface area contributed by atoms with E-state index in [1.54, 1.807) is 12.4 Å². The molecule has 0 amide bonds. The van der Waals surface area contributed by atoms with Crippen LogP contribution in [0.5, 0.6) is 0 Å². The van der Waals surface area contributed by atoms with Gasteiger partial charge in [-0.25, -0.2) is 4.99 Å². The predicted octanol–water partition coefficient (Wildman–Crippen LogP) is 3.23. The lowest BCUT2D eigenvalue weighted by Gasteiger charge is -2.04. The van der Waals surface area contributed by atoms with E-state index in [0.29, 0.717) is 18.0 Å². The van der Waals surface area contributed by atoms with Crippen molar-refractivity contribution in [1.29, 1.82) is 5.26 Å². The maximum absolute atomic E-state index is 10.7. The lowest BCUT2D eigenvalue weighted by atomic mass is 10.3. The van der Waals surface area contributed by atoms with Gasteiger partial charge in [-0.05, 0) is 51.4 Å². The van der Waals surface area contributed by atoms with Crippen LogP contribution in [0.1, 0.15) is 0 Å². The van der Waals surface area contributed by atoms with E-state index >= 15 is 0 Å². The first-order valence-corrected chi connectivity index (χ1v) is 7.79. The molecule has 0 radical (unpaired) electrons. The quantitative estimate of drug-likeness (QED) is 0.131. The van der Waals surface area contributed by atoms with Crippen molar-refractivity contribution < 1.29 is 4.92 Å². The van der Waals surface area contributed by atoms with Crippen molar-refractivity contribution in [2.75, 3.05) is 6.26 Å². The number of nitriles is 1. The SMILES string of the molecule is CSC(=Nc1c(I)cc([N+](=O)[O-])cc1I)NC#N. The summed E-state index contributed by atoms with van der Waals surface area (Å²) in [5.74, 6) is 0. The van der Waals surface area contributed by atoms with Crippen LogP contribution in [0.25, 0.3) is 0 Å². The Bertz CT molecular complexity index is 533. The van der Waals surface area contributed by atoms with Gasteiger partial charge < -0.3 is 0 Å². The number of nitro groups is 1. The van der Waals surface area contributed by atoms with Gasteiger partial charge in [-0.15, -0.1) is 0 Å². The van der Waals surface area contributed by atoms with Crippen molar-refractivity contribution in [3.8, 4) is 6.19 Å². The van der Waals surface area contributed by atoms with E-state index in [9.17, 15) is 10.1 Å². The van der Waals surface area contributed by atoms with Gasteiger partial charge in [0.05, 0.1) is 10.6 Å². The van der Waals surface area contributed by atoms with Gasteiger partial charge in [0.15, 0.2) is 11.4 Å². The van der Waals surface area contributed by atoms with E-state index in [1.165, 1.54) is 23.9 Å². The molecule has 0 spiro atoms. The van der Waals surface area contributed by atoms with Crippen LogP contribution in [0.15, 0.2) is 17.1 Å². The van der Waals surface area contributed by atoms with E-state index in [2.05, 4.69) is 10.3 Å². The van der Waals surface area contributed by atoms with Crippen LogP contribution >= 0.6 is 56.9 Å². The van der Waals surface area contributed by atoms with Crippen LogP contribution < -0.4 is 5.32 Å². The number of nitro benzene ring substituents is 1. The third kappa shape index (κ3) is 3.95. The number of aliphatic imine (C=N–C) groups is 1. The Hall–Kier alpha value is -0.610. The zero-order valence-corrected chi connectivity index (χ0v) is 14.1. The summed E-state index contributed by atoms with van der Waals surface area (Å²) in [6.45, 7) is 0. The average molecular weight is 488 g/mol.